The van der Waals surface area contributed by atoms with Gasteiger partial charge in [0.1, 0.15) is 5.60 Å². The van der Waals surface area contributed by atoms with Gasteiger partial charge in [-0.1, -0.05) is 18.2 Å². The Bertz CT molecular complexity index is 461. The molecule has 1 aromatic rings. The van der Waals surface area contributed by atoms with Crippen LogP contribution in [0.15, 0.2) is 30.3 Å². The van der Waals surface area contributed by atoms with Gasteiger partial charge in [0, 0.05) is 25.8 Å². The summed E-state index contributed by atoms with van der Waals surface area (Å²) in [7, 11) is 2.08. The van der Waals surface area contributed by atoms with Crippen molar-refractivity contribution in [3.05, 3.63) is 30.3 Å². The summed E-state index contributed by atoms with van der Waals surface area (Å²) in [6.45, 7) is 1.59. The van der Waals surface area contributed by atoms with Crippen molar-refractivity contribution in [3.8, 4) is 0 Å². The lowest BCUT2D eigenvalue weighted by atomic mass is 9.96. The van der Waals surface area contributed by atoms with E-state index < -0.39 is 5.60 Å². The lowest BCUT2D eigenvalue weighted by Crippen LogP contribution is -2.49. The smallest absolute Gasteiger partial charge is 0.252 e. The fraction of sp³-hybridized carbons (Fsp3) is 0.588. The Morgan fingerprint density at radius 3 is 2.64 bits per heavy atom. The van der Waals surface area contributed by atoms with Gasteiger partial charge in [0.25, 0.3) is 5.91 Å². The largest absolute Gasteiger partial charge is 0.380 e. The Morgan fingerprint density at radius 2 is 1.95 bits per heavy atom. The average molecular weight is 322 g/mol. The maximum Gasteiger partial charge on any atom is 0.252 e. The summed E-state index contributed by atoms with van der Waals surface area (Å²) in [5.74, 6) is 1.54. The summed E-state index contributed by atoms with van der Waals surface area (Å²) >= 11 is 1.80. The average Bonchev–Trinajstić information content (AvgIpc) is 2.55. The van der Waals surface area contributed by atoms with Crippen LogP contribution in [0.1, 0.15) is 25.7 Å². The molecule has 1 fully saturated rings. The molecule has 2 rings (SSSR count). The fourth-order valence-electron chi connectivity index (χ4n) is 2.59. The zero-order chi connectivity index (χ0) is 15.8. The van der Waals surface area contributed by atoms with E-state index in [0.29, 0.717) is 19.4 Å². The van der Waals surface area contributed by atoms with E-state index >= 15 is 0 Å². The van der Waals surface area contributed by atoms with Crippen LogP contribution in [0, 0.1) is 0 Å². The predicted molar refractivity (Wildman–Crippen MR) is 93.5 cm³/mol. The molecule has 122 valence electrons. The Kier molecular flexibility index (Phi) is 6.58. The molecule has 0 radical (unpaired) electrons. The van der Waals surface area contributed by atoms with Crippen molar-refractivity contribution in [1.29, 1.82) is 0 Å². The van der Waals surface area contributed by atoms with Crippen LogP contribution in [-0.2, 0) is 4.79 Å². The zero-order valence-corrected chi connectivity index (χ0v) is 14.1. The molecule has 1 saturated heterocycles. The summed E-state index contributed by atoms with van der Waals surface area (Å²) in [6, 6.07) is 10.3. The van der Waals surface area contributed by atoms with Crippen molar-refractivity contribution >= 4 is 23.4 Å². The molecule has 0 spiro atoms. The molecule has 0 atom stereocenters. The highest BCUT2D eigenvalue weighted by Gasteiger charge is 2.36. The fourth-order valence-corrected chi connectivity index (χ4v) is 3.76. The van der Waals surface area contributed by atoms with E-state index in [2.05, 4.69) is 29.4 Å². The van der Waals surface area contributed by atoms with Gasteiger partial charge >= 0.3 is 0 Å². The molecular formula is C17H26N2O2S. The Balaban J connectivity index is 1.62. The van der Waals surface area contributed by atoms with Crippen molar-refractivity contribution in [2.75, 3.05) is 36.5 Å². The number of thioether (sulfide) groups is 1. The molecule has 2 N–H and O–H groups in total. The normalized spacial score (nSPS) is 17.0. The molecule has 1 amide bonds. The minimum absolute atomic E-state index is 0.191. The summed E-state index contributed by atoms with van der Waals surface area (Å²) < 4.78 is 0. The molecular weight excluding hydrogens is 296 g/mol. The minimum Gasteiger partial charge on any atom is -0.380 e. The van der Waals surface area contributed by atoms with Crippen LogP contribution in [0.2, 0.25) is 0 Å². The second kappa shape index (κ2) is 8.44. The van der Waals surface area contributed by atoms with Crippen LogP contribution >= 0.6 is 11.8 Å². The summed E-state index contributed by atoms with van der Waals surface area (Å²) in [5.41, 5.74) is 0.0760. The number of aliphatic hydroxyl groups is 1. The Hall–Kier alpha value is -1.20. The zero-order valence-electron chi connectivity index (χ0n) is 13.3. The van der Waals surface area contributed by atoms with Crippen molar-refractivity contribution in [2.24, 2.45) is 0 Å². The molecule has 1 aliphatic rings. The number of nitrogens with zero attached hydrogens (tertiary/aromatic N) is 1. The number of rotatable bonds is 7. The number of carbonyl (C=O) groups is 1. The third-order valence-corrected chi connectivity index (χ3v) is 5.13. The second-order valence-electron chi connectivity index (χ2n) is 5.86. The monoisotopic (exact) mass is 322 g/mol. The number of hydrogen-bond acceptors (Lipinski definition) is 4. The van der Waals surface area contributed by atoms with E-state index in [0.717, 1.165) is 30.9 Å². The number of anilines is 1. The Morgan fingerprint density at radius 1 is 1.27 bits per heavy atom. The van der Waals surface area contributed by atoms with E-state index in [-0.39, 0.29) is 5.91 Å². The number of carbonyl (C=O) groups excluding carboxylic acids is 1. The van der Waals surface area contributed by atoms with Crippen LogP contribution in [-0.4, -0.2) is 48.3 Å². The molecule has 5 heteroatoms. The van der Waals surface area contributed by atoms with Gasteiger partial charge in [0.05, 0.1) is 0 Å². The molecule has 0 aromatic heterocycles. The third kappa shape index (κ3) is 4.92. The number of amides is 1. The molecule has 0 aliphatic carbocycles. The lowest BCUT2D eigenvalue weighted by molar-refractivity contribution is -0.140. The van der Waals surface area contributed by atoms with Crippen LogP contribution in [0.5, 0.6) is 0 Å². The first-order valence-corrected chi connectivity index (χ1v) is 9.12. The van der Waals surface area contributed by atoms with Gasteiger partial charge < -0.3 is 15.3 Å². The maximum atomic E-state index is 12.1. The molecule has 4 nitrogen and oxygen atoms in total. The van der Waals surface area contributed by atoms with Gasteiger partial charge in [0.2, 0.25) is 0 Å². The van der Waals surface area contributed by atoms with Gasteiger partial charge in [-0.3, -0.25) is 4.79 Å². The number of para-hydroxylation sites is 1. The summed E-state index contributed by atoms with van der Waals surface area (Å²) in [4.78, 5) is 14.3. The first-order chi connectivity index (χ1) is 10.6. The first-order valence-electron chi connectivity index (χ1n) is 7.96. The molecule has 0 bridgehead atoms. The van der Waals surface area contributed by atoms with Crippen LogP contribution in [0.3, 0.4) is 0 Å². The number of unbranched alkanes of at least 4 members (excludes halogenated alkanes) is 1. The van der Waals surface area contributed by atoms with Gasteiger partial charge in [-0.25, -0.2) is 0 Å². The quantitative estimate of drug-likeness (QED) is 0.756. The lowest BCUT2D eigenvalue weighted by Gasteiger charge is -2.30. The van der Waals surface area contributed by atoms with Crippen LogP contribution < -0.4 is 10.2 Å². The second-order valence-corrected chi connectivity index (χ2v) is 7.09. The molecule has 1 heterocycles. The molecule has 1 aromatic carbocycles. The van der Waals surface area contributed by atoms with Crippen molar-refractivity contribution in [1.82, 2.24) is 5.32 Å². The predicted octanol–water partition coefficient (Wildman–Crippen LogP) is 2.28. The summed E-state index contributed by atoms with van der Waals surface area (Å²) in [6.07, 6.45) is 3.08. The highest BCUT2D eigenvalue weighted by molar-refractivity contribution is 7.99. The molecule has 0 unspecified atom stereocenters. The van der Waals surface area contributed by atoms with Crippen molar-refractivity contribution in [3.63, 3.8) is 0 Å². The minimum atomic E-state index is -1.13. The van der Waals surface area contributed by atoms with Gasteiger partial charge in [-0.15, -0.1) is 0 Å². The van der Waals surface area contributed by atoms with E-state index in [1.54, 1.807) is 11.8 Å². The van der Waals surface area contributed by atoms with Crippen molar-refractivity contribution < 1.29 is 9.90 Å². The van der Waals surface area contributed by atoms with E-state index in [1.165, 1.54) is 5.69 Å². The summed E-state index contributed by atoms with van der Waals surface area (Å²) in [5, 5.41) is 13.2. The molecule has 22 heavy (non-hydrogen) atoms. The SMILES string of the molecule is CN(CCCCNC(=O)C1(O)CCSCC1)c1ccccc1. The van der Waals surface area contributed by atoms with Crippen LogP contribution in [0.4, 0.5) is 5.69 Å². The topological polar surface area (TPSA) is 52.6 Å². The Labute approximate surface area is 137 Å². The van der Waals surface area contributed by atoms with Gasteiger partial charge in [-0.2, -0.15) is 11.8 Å². The number of nitrogens with one attached hydrogen (secondary N) is 1. The van der Waals surface area contributed by atoms with Gasteiger partial charge in [0.15, 0.2) is 0 Å². The van der Waals surface area contributed by atoms with E-state index in [1.807, 2.05) is 18.2 Å². The standard InChI is InChI=1S/C17H26N2O2S/c1-19(15-7-3-2-4-8-15)12-6-5-11-18-16(20)17(21)9-13-22-14-10-17/h2-4,7-8,21H,5-6,9-14H2,1H3,(H,18,20). The van der Waals surface area contributed by atoms with Crippen molar-refractivity contribution in [2.45, 2.75) is 31.3 Å². The highest BCUT2D eigenvalue weighted by atomic mass is 32.2. The maximum absolute atomic E-state index is 12.1. The van der Waals surface area contributed by atoms with Gasteiger partial charge in [-0.05, 0) is 49.3 Å². The number of hydrogen-bond donors (Lipinski definition) is 2. The third-order valence-electron chi connectivity index (χ3n) is 4.15. The first kappa shape index (κ1) is 17.2. The number of benzene rings is 1. The van der Waals surface area contributed by atoms with E-state index in [9.17, 15) is 9.90 Å². The van der Waals surface area contributed by atoms with E-state index in [4.69, 9.17) is 0 Å². The van der Waals surface area contributed by atoms with Crippen LogP contribution in [0.25, 0.3) is 0 Å². The highest BCUT2D eigenvalue weighted by Crippen LogP contribution is 2.26. The molecule has 1 aliphatic heterocycles. The molecule has 0 saturated carbocycles.